The summed E-state index contributed by atoms with van der Waals surface area (Å²) in [5.74, 6) is 0. The van der Waals surface area contributed by atoms with Crippen molar-refractivity contribution < 1.29 is 0 Å². The second-order valence-electron chi connectivity index (χ2n) is 6.53. The fourth-order valence-corrected chi connectivity index (χ4v) is 2.20. The van der Waals surface area contributed by atoms with Crippen molar-refractivity contribution >= 4 is 17.3 Å². The van der Waals surface area contributed by atoms with Crippen molar-refractivity contribution in [2.24, 2.45) is 0 Å². The lowest BCUT2D eigenvalue weighted by molar-refractivity contribution is 0.488. The largest absolute Gasteiger partial charge is 0.360 e. The molecule has 1 saturated carbocycles. The van der Waals surface area contributed by atoms with Crippen LogP contribution >= 0.6 is 12.2 Å². The molecule has 0 bridgehead atoms. The zero-order valence-electron chi connectivity index (χ0n) is 12.4. The molecule has 1 aliphatic rings. The summed E-state index contributed by atoms with van der Waals surface area (Å²) >= 11 is 5.39. The minimum absolute atomic E-state index is 0.216. The zero-order chi connectivity index (χ0) is 14.0. The van der Waals surface area contributed by atoms with Crippen molar-refractivity contribution in [3.05, 3.63) is 35.4 Å². The maximum absolute atomic E-state index is 5.39. The van der Waals surface area contributed by atoms with E-state index in [-0.39, 0.29) is 5.41 Å². The summed E-state index contributed by atoms with van der Waals surface area (Å²) in [6, 6.07) is 9.48. The van der Waals surface area contributed by atoms with Crippen LogP contribution in [0, 0.1) is 0 Å². The van der Waals surface area contributed by atoms with E-state index in [9.17, 15) is 0 Å². The number of rotatable bonds is 3. The molecule has 1 aromatic carbocycles. The molecule has 19 heavy (non-hydrogen) atoms. The van der Waals surface area contributed by atoms with E-state index in [1.807, 2.05) is 0 Å². The predicted octanol–water partition coefficient (Wildman–Crippen LogP) is 3.45. The van der Waals surface area contributed by atoms with Crippen molar-refractivity contribution in [1.29, 1.82) is 0 Å². The van der Waals surface area contributed by atoms with Crippen LogP contribution in [0.4, 0.5) is 0 Å². The van der Waals surface area contributed by atoms with Crippen LogP contribution in [0.15, 0.2) is 24.3 Å². The Morgan fingerprint density at radius 3 is 2.32 bits per heavy atom. The van der Waals surface area contributed by atoms with Crippen LogP contribution in [0.1, 0.15) is 44.7 Å². The summed E-state index contributed by atoms with van der Waals surface area (Å²) < 4.78 is 0. The summed E-state index contributed by atoms with van der Waals surface area (Å²) in [5.41, 5.74) is 2.89. The number of benzene rings is 1. The van der Waals surface area contributed by atoms with E-state index in [1.54, 1.807) is 0 Å². The van der Waals surface area contributed by atoms with Crippen molar-refractivity contribution in [3.8, 4) is 0 Å². The quantitative estimate of drug-likeness (QED) is 0.851. The lowest BCUT2D eigenvalue weighted by Crippen LogP contribution is -2.37. The highest BCUT2D eigenvalue weighted by molar-refractivity contribution is 7.80. The molecule has 2 rings (SSSR count). The smallest absolute Gasteiger partial charge is 0.169 e. The maximum atomic E-state index is 5.39. The van der Waals surface area contributed by atoms with Crippen LogP contribution in [0.25, 0.3) is 0 Å². The molecule has 0 spiro atoms. The third kappa shape index (κ3) is 4.20. The first-order valence-corrected chi connectivity index (χ1v) is 7.38. The maximum Gasteiger partial charge on any atom is 0.169 e. The Kier molecular flexibility index (Phi) is 4.14. The van der Waals surface area contributed by atoms with E-state index >= 15 is 0 Å². The van der Waals surface area contributed by atoms with Gasteiger partial charge in [0.25, 0.3) is 0 Å². The molecule has 2 nitrogen and oxygen atoms in total. The van der Waals surface area contributed by atoms with Gasteiger partial charge in [0.2, 0.25) is 0 Å². The average molecular weight is 276 g/mol. The Morgan fingerprint density at radius 2 is 1.84 bits per heavy atom. The fraction of sp³-hybridized carbons (Fsp3) is 0.562. The van der Waals surface area contributed by atoms with E-state index in [4.69, 9.17) is 12.2 Å². The summed E-state index contributed by atoms with van der Waals surface area (Å²) in [6.45, 7) is 7.58. The third-order valence-electron chi connectivity index (χ3n) is 3.49. The lowest BCUT2D eigenvalue weighted by atomic mass is 9.87. The van der Waals surface area contributed by atoms with Gasteiger partial charge in [0, 0.05) is 19.6 Å². The molecule has 1 N–H and O–H groups in total. The van der Waals surface area contributed by atoms with Gasteiger partial charge in [-0.3, -0.25) is 0 Å². The van der Waals surface area contributed by atoms with E-state index < -0.39 is 0 Å². The van der Waals surface area contributed by atoms with Crippen LogP contribution < -0.4 is 5.32 Å². The molecule has 1 aliphatic carbocycles. The zero-order valence-corrected chi connectivity index (χ0v) is 13.2. The van der Waals surface area contributed by atoms with Gasteiger partial charge >= 0.3 is 0 Å². The summed E-state index contributed by atoms with van der Waals surface area (Å²) in [5, 5.41) is 4.23. The predicted molar refractivity (Wildman–Crippen MR) is 85.4 cm³/mol. The van der Waals surface area contributed by atoms with Crippen molar-refractivity contribution in [1.82, 2.24) is 10.2 Å². The highest BCUT2D eigenvalue weighted by Gasteiger charge is 2.22. The van der Waals surface area contributed by atoms with E-state index in [2.05, 4.69) is 62.3 Å². The van der Waals surface area contributed by atoms with Gasteiger partial charge in [0.1, 0.15) is 0 Å². The second kappa shape index (κ2) is 5.49. The lowest BCUT2D eigenvalue weighted by Gasteiger charge is -2.22. The van der Waals surface area contributed by atoms with E-state index in [0.29, 0.717) is 6.04 Å². The average Bonchev–Trinajstić information content (AvgIpc) is 3.12. The van der Waals surface area contributed by atoms with Crippen LogP contribution in [0.2, 0.25) is 0 Å². The molecular weight excluding hydrogens is 252 g/mol. The van der Waals surface area contributed by atoms with Gasteiger partial charge in [0.05, 0.1) is 0 Å². The minimum Gasteiger partial charge on any atom is -0.360 e. The molecule has 1 aromatic rings. The molecule has 0 radical (unpaired) electrons. The van der Waals surface area contributed by atoms with Crippen LogP contribution in [-0.2, 0) is 12.0 Å². The molecule has 0 unspecified atom stereocenters. The van der Waals surface area contributed by atoms with Gasteiger partial charge in [-0.15, -0.1) is 0 Å². The molecule has 0 amide bonds. The summed E-state index contributed by atoms with van der Waals surface area (Å²) in [6.07, 6.45) is 2.52. The molecule has 0 saturated heterocycles. The Balaban J connectivity index is 1.93. The SMILES string of the molecule is CN(Cc1ccc(C(C)(C)C)cc1)C(=S)NC1CC1. The van der Waals surface area contributed by atoms with Gasteiger partial charge in [-0.2, -0.15) is 0 Å². The first kappa shape index (κ1) is 14.3. The summed E-state index contributed by atoms with van der Waals surface area (Å²) in [7, 11) is 2.05. The standard InChI is InChI=1S/C16H24N2S/c1-16(2,3)13-7-5-12(6-8-13)11-18(4)15(19)17-14-9-10-14/h5-8,14H,9-11H2,1-4H3,(H,17,19). The first-order valence-electron chi connectivity index (χ1n) is 6.97. The highest BCUT2D eigenvalue weighted by atomic mass is 32.1. The van der Waals surface area contributed by atoms with Gasteiger partial charge in [-0.25, -0.2) is 0 Å². The molecular formula is C16H24N2S. The molecule has 104 valence electrons. The minimum atomic E-state index is 0.216. The van der Waals surface area contributed by atoms with Crippen LogP contribution in [0.5, 0.6) is 0 Å². The normalized spacial score (nSPS) is 15.2. The van der Waals surface area contributed by atoms with E-state index in [0.717, 1.165) is 11.7 Å². The van der Waals surface area contributed by atoms with Crippen molar-refractivity contribution in [2.75, 3.05) is 7.05 Å². The molecule has 0 heterocycles. The number of hydrogen-bond acceptors (Lipinski definition) is 1. The summed E-state index contributed by atoms with van der Waals surface area (Å²) in [4.78, 5) is 2.11. The Bertz CT molecular complexity index is 441. The third-order valence-corrected chi connectivity index (χ3v) is 3.92. The first-order chi connectivity index (χ1) is 8.86. The topological polar surface area (TPSA) is 15.3 Å². The molecule has 0 atom stereocenters. The van der Waals surface area contributed by atoms with Crippen molar-refractivity contribution in [3.63, 3.8) is 0 Å². The van der Waals surface area contributed by atoms with E-state index in [1.165, 1.54) is 24.0 Å². The Labute approximate surface area is 122 Å². The highest BCUT2D eigenvalue weighted by Crippen LogP contribution is 2.22. The Morgan fingerprint density at radius 1 is 1.26 bits per heavy atom. The van der Waals surface area contributed by atoms with Gasteiger partial charge in [0.15, 0.2) is 5.11 Å². The second-order valence-corrected chi connectivity index (χ2v) is 6.91. The number of nitrogens with zero attached hydrogens (tertiary/aromatic N) is 1. The van der Waals surface area contributed by atoms with Gasteiger partial charge < -0.3 is 10.2 Å². The van der Waals surface area contributed by atoms with Crippen LogP contribution in [-0.4, -0.2) is 23.1 Å². The Hall–Kier alpha value is -1.09. The number of thiocarbonyl (C=S) groups is 1. The number of hydrogen-bond donors (Lipinski definition) is 1. The van der Waals surface area contributed by atoms with Gasteiger partial charge in [-0.05, 0) is 41.6 Å². The van der Waals surface area contributed by atoms with Crippen LogP contribution in [0.3, 0.4) is 0 Å². The molecule has 3 heteroatoms. The number of nitrogens with one attached hydrogen (secondary N) is 1. The molecule has 0 aliphatic heterocycles. The molecule has 0 aromatic heterocycles. The van der Waals surface area contributed by atoms with Crippen molar-refractivity contribution in [2.45, 2.75) is 51.6 Å². The molecule has 1 fully saturated rings. The van der Waals surface area contributed by atoms with Gasteiger partial charge in [-0.1, -0.05) is 45.0 Å². The fourth-order valence-electron chi connectivity index (χ4n) is 1.97. The monoisotopic (exact) mass is 276 g/mol.